The fraction of sp³-hybridized carbons (Fsp3) is 0.444. The normalized spacial score (nSPS) is 14.0. The molecule has 0 atom stereocenters. The van der Waals surface area contributed by atoms with Gasteiger partial charge in [-0.2, -0.15) is 4.68 Å². The molecule has 0 spiro atoms. The zero-order valence-electron chi connectivity index (χ0n) is 15.1. The van der Waals surface area contributed by atoms with Crippen molar-refractivity contribution in [3.63, 3.8) is 0 Å². The van der Waals surface area contributed by atoms with Crippen LogP contribution in [-0.2, 0) is 4.79 Å². The lowest BCUT2D eigenvalue weighted by atomic mass is 10.0. The van der Waals surface area contributed by atoms with E-state index in [4.69, 9.17) is 4.74 Å². The number of thioether (sulfide) groups is 1. The fourth-order valence-electron chi connectivity index (χ4n) is 2.96. The van der Waals surface area contributed by atoms with Crippen molar-refractivity contribution >= 4 is 17.7 Å². The molecule has 0 saturated heterocycles. The molecule has 0 bridgehead atoms. The summed E-state index contributed by atoms with van der Waals surface area (Å²) in [5.41, 5.74) is 1.98. The Balaban J connectivity index is 1.67. The number of carbonyl (C=O) groups is 1. The second-order valence-electron chi connectivity index (χ2n) is 5.94. The third-order valence-corrected chi connectivity index (χ3v) is 5.22. The van der Waals surface area contributed by atoms with E-state index in [0.717, 1.165) is 36.4 Å². The molecule has 138 valence electrons. The molecule has 0 radical (unpaired) electrons. The molecule has 0 fully saturated rings. The molecule has 26 heavy (non-hydrogen) atoms. The second kappa shape index (κ2) is 8.84. The molecule has 1 heterocycles. The maximum Gasteiger partial charge on any atom is 0.237 e. The minimum absolute atomic E-state index is 0.0925. The summed E-state index contributed by atoms with van der Waals surface area (Å²) in [6.07, 6.45) is 6.59. The summed E-state index contributed by atoms with van der Waals surface area (Å²) < 4.78 is 6.80. The number of hydrogen-bond donors (Lipinski definition) is 0. The van der Waals surface area contributed by atoms with Crippen LogP contribution in [0.25, 0.3) is 5.69 Å². The molecule has 7 nitrogen and oxygen atoms in total. The Hall–Kier alpha value is -2.35. The molecular formula is C18H23N5O2S. The molecule has 1 aromatic heterocycles. The van der Waals surface area contributed by atoms with Crippen LogP contribution in [0.3, 0.4) is 0 Å². The van der Waals surface area contributed by atoms with Gasteiger partial charge < -0.3 is 9.64 Å². The van der Waals surface area contributed by atoms with E-state index >= 15 is 0 Å². The highest BCUT2D eigenvalue weighted by atomic mass is 32.2. The highest BCUT2D eigenvalue weighted by Crippen LogP contribution is 2.24. The molecule has 1 amide bonds. The first kappa shape index (κ1) is 18.4. The van der Waals surface area contributed by atoms with Gasteiger partial charge in [-0.15, -0.1) is 5.10 Å². The lowest BCUT2D eigenvalue weighted by Crippen LogP contribution is -2.32. The summed E-state index contributed by atoms with van der Waals surface area (Å²) in [5.74, 6) is 1.17. The maximum atomic E-state index is 12.7. The van der Waals surface area contributed by atoms with Gasteiger partial charge in [-0.05, 0) is 67.3 Å². The van der Waals surface area contributed by atoms with Crippen molar-refractivity contribution in [2.75, 3.05) is 19.4 Å². The van der Waals surface area contributed by atoms with E-state index in [0.29, 0.717) is 17.5 Å². The molecule has 1 aliphatic carbocycles. The Kier molecular flexibility index (Phi) is 6.27. The van der Waals surface area contributed by atoms with Gasteiger partial charge in [0.1, 0.15) is 5.75 Å². The molecule has 2 aromatic rings. The van der Waals surface area contributed by atoms with E-state index in [9.17, 15) is 4.79 Å². The number of allylic oxidation sites excluding steroid dienone is 2. The van der Waals surface area contributed by atoms with Crippen LogP contribution in [0.4, 0.5) is 0 Å². The first-order chi connectivity index (χ1) is 12.7. The molecule has 0 saturated carbocycles. The average molecular weight is 373 g/mol. The monoisotopic (exact) mass is 373 g/mol. The van der Waals surface area contributed by atoms with E-state index in [1.807, 2.05) is 36.1 Å². The Morgan fingerprint density at radius 3 is 2.77 bits per heavy atom. The van der Waals surface area contributed by atoms with Gasteiger partial charge >= 0.3 is 0 Å². The SMILES string of the molecule is CCN(C(=O)CSc1nnnn1-c1ccc(OC)cc1)C1=CCCCC1. The van der Waals surface area contributed by atoms with Gasteiger partial charge in [0.2, 0.25) is 11.1 Å². The zero-order valence-corrected chi connectivity index (χ0v) is 15.9. The summed E-state index contributed by atoms with van der Waals surface area (Å²) in [5, 5.41) is 12.4. The van der Waals surface area contributed by atoms with Crippen molar-refractivity contribution in [2.24, 2.45) is 0 Å². The van der Waals surface area contributed by atoms with Crippen LogP contribution in [0, 0.1) is 0 Å². The molecule has 0 N–H and O–H groups in total. The van der Waals surface area contributed by atoms with Crippen LogP contribution in [-0.4, -0.2) is 50.4 Å². The number of benzene rings is 1. The zero-order chi connectivity index (χ0) is 18.4. The second-order valence-corrected chi connectivity index (χ2v) is 6.88. The number of ether oxygens (including phenoxy) is 1. The van der Waals surface area contributed by atoms with E-state index in [-0.39, 0.29) is 5.91 Å². The first-order valence-corrected chi connectivity index (χ1v) is 9.76. The van der Waals surface area contributed by atoms with E-state index in [1.54, 1.807) is 11.8 Å². The molecule has 1 aromatic carbocycles. The maximum absolute atomic E-state index is 12.7. The smallest absolute Gasteiger partial charge is 0.237 e. The molecule has 0 unspecified atom stereocenters. The highest BCUT2D eigenvalue weighted by Gasteiger charge is 2.19. The number of amides is 1. The van der Waals surface area contributed by atoms with E-state index in [1.165, 1.54) is 18.2 Å². The van der Waals surface area contributed by atoms with Crippen LogP contribution in [0.5, 0.6) is 5.75 Å². The molecule has 8 heteroatoms. The van der Waals surface area contributed by atoms with Crippen molar-refractivity contribution in [2.45, 2.75) is 37.8 Å². The molecule has 3 rings (SSSR count). The number of carbonyl (C=O) groups excluding carboxylic acids is 1. The van der Waals surface area contributed by atoms with Crippen LogP contribution in [0.15, 0.2) is 41.2 Å². The Labute approximate surface area is 157 Å². The summed E-state index contributed by atoms with van der Waals surface area (Å²) in [6.45, 7) is 2.70. The predicted molar refractivity (Wildman–Crippen MR) is 100 cm³/mol. The summed E-state index contributed by atoms with van der Waals surface area (Å²) in [6, 6.07) is 7.47. The first-order valence-electron chi connectivity index (χ1n) is 8.78. The fourth-order valence-corrected chi connectivity index (χ4v) is 3.73. The van der Waals surface area contributed by atoms with Crippen molar-refractivity contribution in [1.82, 2.24) is 25.1 Å². The van der Waals surface area contributed by atoms with Crippen LogP contribution in [0.1, 0.15) is 32.6 Å². The van der Waals surface area contributed by atoms with Gasteiger partial charge in [0, 0.05) is 12.2 Å². The highest BCUT2D eigenvalue weighted by molar-refractivity contribution is 7.99. The topological polar surface area (TPSA) is 73.1 Å². The van der Waals surface area contributed by atoms with Crippen LogP contribution >= 0.6 is 11.8 Å². The van der Waals surface area contributed by atoms with Crippen molar-refractivity contribution < 1.29 is 9.53 Å². The lowest BCUT2D eigenvalue weighted by Gasteiger charge is -2.26. The molecule has 1 aliphatic rings. The average Bonchev–Trinajstić information content (AvgIpc) is 3.16. The van der Waals surface area contributed by atoms with E-state index in [2.05, 4.69) is 21.6 Å². The van der Waals surface area contributed by atoms with E-state index < -0.39 is 0 Å². The molecule has 0 aliphatic heterocycles. The summed E-state index contributed by atoms with van der Waals surface area (Å²) in [7, 11) is 1.63. The number of aromatic nitrogens is 4. The van der Waals surface area contributed by atoms with Gasteiger partial charge in [0.25, 0.3) is 0 Å². The quantitative estimate of drug-likeness (QED) is 0.695. The third kappa shape index (κ3) is 4.24. The summed E-state index contributed by atoms with van der Waals surface area (Å²) >= 11 is 1.35. The number of rotatable bonds is 7. The van der Waals surface area contributed by atoms with Crippen LogP contribution in [0.2, 0.25) is 0 Å². The number of nitrogens with zero attached hydrogens (tertiary/aromatic N) is 5. The number of hydrogen-bond acceptors (Lipinski definition) is 6. The van der Waals surface area contributed by atoms with Gasteiger partial charge in [-0.3, -0.25) is 4.79 Å². The van der Waals surface area contributed by atoms with Gasteiger partial charge in [0.05, 0.1) is 18.6 Å². The Morgan fingerprint density at radius 2 is 2.12 bits per heavy atom. The largest absolute Gasteiger partial charge is 0.497 e. The number of methoxy groups -OCH3 is 1. The third-order valence-electron chi connectivity index (χ3n) is 4.31. The van der Waals surface area contributed by atoms with Gasteiger partial charge in [-0.25, -0.2) is 0 Å². The van der Waals surface area contributed by atoms with Crippen molar-refractivity contribution in [1.29, 1.82) is 0 Å². The predicted octanol–water partition coefficient (Wildman–Crippen LogP) is 3.07. The van der Waals surface area contributed by atoms with Crippen LogP contribution < -0.4 is 4.74 Å². The van der Waals surface area contributed by atoms with Gasteiger partial charge in [-0.1, -0.05) is 17.8 Å². The summed E-state index contributed by atoms with van der Waals surface area (Å²) in [4.78, 5) is 14.6. The van der Waals surface area contributed by atoms with Gasteiger partial charge in [0.15, 0.2) is 0 Å². The molecular weight excluding hydrogens is 350 g/mol. The minimum atomic E-state index is 0.0925. The number of tetrazole rings is 1. The Morgan fingerprint density at radius 1 is 1.31 bits per heavy atom. The lowest BCUT2D eigenvalue weighted by molar-refractivity contribution is -0.126. The van der Waals surface area contributed by atoms with Crippen molar-refractivity contribution in [3.8, 4) is 11.4 Å². The minimum Gasteiger partial charge on any atom is -0.497 e. The standard InChI is InChI=1S/C18H23N5O2S/c1-3-22(14-7-5-4-6-8-14)17(24)13-26-18-19-20-21-23(18)15-9-11-16(25-2)12-10-15/h7,9-12H,3-6,8,13H2,1-2H3. The Bertz CT molecular complexity index is 772. The van der Waals surface area contributed by atoms with Crippen molar-refractivity contribution in [3.05, 3.63) is 36.0 Å².